The van der Waals surface area contributed by atoms with E-state index in [4.69, 9.17) is 5.73 Å². The van der Waals surface area contributed by atoms with Gasteiger partial charge in [0.15, 0.2) is 0 Å². The van der Waals surface area contributed by atoms with Gasteiger partial charge in [-0.1, -0.05) is 12.1 Å². The standard InChI is InChI=1S/C14H13FN2O2S/c1-9-2-5-14(12(16)6-9)20-8-10-3-4-13(17(18)19)11(15)7-10/h2-7H,8,16H2,1H3. The van der Waals surface area contributed by atoms with E-state index in [-0.39, 0.29) is 0 Å². The minimum Gasteiger partial charge on any atom is -0.398 e. The van der Waals surface area contributed by atoms with Crippen LogP contribution in [0.4, 0.5) is 15.8 Å². The lowest BCUT2D eigenvalue weighted by Crippen LogP contribution is -1.94. The average Bonchev–Trinajstić information content (AvgIpc) is 2.37. The Bertz CT molecular complexity index is 662. The molecule has 0 spiro atoms. The molecule has 0 bridgehead atoms. The van der Waals surface area contributed by atoms with Crippen LogP contribution in [-0.2, 0) is 5.75 Å². The zero-order valence-corrected chi connectivity index (χ0v) is 11.6. The van der Waals surface area contributed by atoms with E-state index in [0.717, 1.165) is 10.5 Å². The molecule has 0 heterocycles. The third-order valence-corrected chi connectivity index (χ3v) is 3.93. The predicted molar refractivity (Wildman–Crippen MR) is 78.2 cm³/mol. The molecule has 104 valence electrons. The molecular weight excluding hydrogens is 279 g/mol. The molecule has 0 aliphatic heterocycles. The number of nitrogens with two attached hydrogens (primary N) is 1. The lowest BCUT2D eigenvalue weighted by molar-refractivity contribution is -0.387. The number of nitro benzene ring substituents is 1. The molecule has 0 aliphatic rings. The van der Waals surface area contributed by atoms with Gasteiger partial charge in [0.2, 0.25) is 5.82 Å². The van der Waals surface area contributed by atoms with E-state index in [0.29, 0.717) is 17.0 Å². The number of halogens is 1. The molecule has 0 aromatic heterocycles. The second kappa shape index (κ2) is 5.92. The summed E-state index contributed by atoms with van der Waals surface area (Å²) in [7, 11) is 0. The van der Waals surface area contributed by atoms with Crippen LogP contribution in [0.25, 0.3) is 0 Å². The Morgan fingerprint density at radius 2 is 2.05 bits per heavy atom. The molecule has 2 aromatic rings. The van der Waals surface area contributed by atoms with Crippen molar-refractivity contribution in [1.82, 2.24) is 0 Å². The molecule has 0 aliphatic carbocycles. The number of benzene rings is 2. The number of rotatable bonds is 4. The van der Waals surface area contributed by atoms with Crippen molar-refractivity contribution >= 4 is 23.1 Å². The highest BCUT2D eigenvalue weighted by Gasteiger charge is 2.13. The van der Waals surface area contributed by atoms with E-state index in [1.807, 2.05) is 25.1 Å². The SMILES string of the molecule is Cc1ccc(SCc2ccc([N+](=O)[O-])c(F)c2)c(N)c1. The van der Waals surface area contributed by atoms with Crippen molar-refractivity contribution < 1.29 is 9.31 Å². The van der Waals surface area contributed by atoms with Crippen molar-refractivity contribution in [2.24, 2.45) is 0 Å². The van der Waals surface area contributed by atoms with Crippen LogP contribution >= 0.6 is 11.8 Å². The molecule has 0 saturated carbocycles. The van der Waals surface area contributed by atoms with E-state index >= 15 is 0 Å². The third kappa shape index (κ3) is 3.27. The molecule has 0 unspecified atom stereocenters. The molecule has 2 N–H and O–H groups in total. The summed E-state index contributed by atoms with van der Waals surface area (Å²) in [5.41, 5.74) is 7.82. The molecule has 2 aromatic carbocycles. The van der Waals surface area contributed by atoms with Crippen molar-refractivity contribution in [1.29, 1.82) is 0 Å². The Morgan fingerprint density at radius 3 is 2.65 bits per heavy atom. The molecule has 2 rings (SSSR count). The maximum atomic E-state index is 13.5. The van der Waals surface area contributed by atoms with E-state index in [1.165, 1.54) is 23.9 Å². The van der Waals surface area contributed by atoms with E-state index in [1.54, 1.807) is 6.07 Å². The second-order valence-corrected chi connectivity index (χ2v) is 5.39. The molecule has 20 heavy (non-hydrogen) atoms. The maximum absolute atomic E-state index is 13.5. The van der Waals surface area contributed by atoms with Crippen LogP contribution in [0.5, 0.6) is 0 Å². The van der Waals surface area contributed by atoms with Gasteiger partial charge in [0.25, 0.3) is 0 Å². The summed E-state index contributed by atoms with van der Waals surface area (Å²) in [5, 5.41) is 10.5. The molecule has 0 saturated heterocycles. The van der Waals surface area contributed by atoms with Gasteiger partial charge in [-0.05, 0) is 36.2 Å². The minimum atomic E-state index is -0.815. The number of hydrogen-bond donors (Lipinski definition) is 1. The van der Waals surface area contributed by atoms with Gasteiger partial charge < -0.3 is 5.73 Å². The average molecular weight is 292 g/mol. The summed E-state index contributed by atoms with van der Waals surface area (Å²) in [6, 6.07) is 9.67. The van der Waals surface area contributed by atoms with E-state index < -0.39 is 16.4 Å². The van der Waals surface area contributed by atoms with Crippen molar-refractivity contribution in [2.45, 2.75) is 17.6 Å². The zero-order valence-electron chi connectivity index (χ0n) is 10.8. The summed E-state index contributed by atoms with van der Waals surface area (Å²) in [5.74, 6) is -0.313. The summed E-state index contributed by atoms with van der Waals surface area (Å²) in [6.07, 6.45) is 0. The Labute approximate surface area is 119 Å². The lowest BCUT2D eigenvalue weighted by Gasteiger charge is -2.06. The number of nitrogen functional groups attached to an aromatic ring is 1. The number of aryl methyl sites for hydroxylation is 1. The van der Waals surface area contributed by atoms with Crippen molar-refractivity contribution in [2.75, 3.05) is 5.73 Å². The van der Waals surface area contributed by atoms with Crippen LogP contribution in [-0.4, -0.2) is 4.92 Å². The highest BCUT2D eigenvalue weighted by Crippen LogP contribution is 2.29. The monoisotopic (exact) mass is 292 g/mol. The Kier molecular flexibility index (Phi) is 4.24. The Hall–Kier alpha value is -2.08. The summed E-state index contributed by atoms with van der Waals surface area (Å²) >= 11 is 1.47. The highest BCUT2D eigenvalue weighted by atomic mass is 32.2. The van der Waals surface area contributed by atoms with Crippen LogP contribution in [0.1, 0.15) is 11.1 Å². The van der Waals surface area contributed by atoms with Crippen molar-refractivity contribution in [3.8, 4) is 0 Å². The van der Waals surface area contributed by atoms with Crippen LogP contribution in [0, 0.1) is 22.9 Å². The normalized spacial score (nSPS) is 10.5. The number of nitrogens with zero attached hydrogens (tertiary/aromatic N) is 1. The third-order valence-electron chi connectivity index (χ3n) is 2.77. The fraction of sp³-hybridized carbons (Fsp3) is 0.143. The first-order chi connectivity index (χ1) is 9.47. The lowest BCUT2D eigenvalue weighted by atomic mass is 10.2. The van der Waals surface area contributed by atoms with Gasteiger partial charge in [-0.3, -0.25) is 10.1 Å². The zero-order chi connectivity index (χ0) is 14.7. The first kappa shape index (κ1) is 14.3. The van der Waals surface area contributed by atoms with Gasteiger partial charge in [-0.2, -0.15) is 4.39 Å². The van der Waals surface area contributed by atoms with Gasteiger partial charge in [0.05, 0.1) is 4.92 Å². The summed E-state index contributed by atoms with van der Waals surface area (Å²) in [4.78, 5) is 10.7. The quantitative estimate of drug-likeness (QED) is 0.401. The molecular formula is C14H13FN2O2S. The van der Waals surface area contributed by atoms with Gasteiger partial charge in [-0.25, -0.2) is 0 Å². The summed E-state index contributed by atoms with van der Waals surface area (Å²) < 4.78 is 13.5. The number of nitro groups is 1. The molecule has 6 heteroatoms. The van der Waals surface area contributed by atoms with Gasteiger partial charge in [-0.15, -0.1) is 11.8 Å². The smallest absolute Gasteiger partial charge is 0.304 e. The minimum absolute atomic E-state index is 0.502. The first-order valence-corrected chi connectivity index (χ1v) is 6.87. The van der Waals surface area contributed by atoms with Crippen LogP contribution in [0.15, 0.2) is 41.3 Å². The fourth-order valence-electron chi connectivity index (χ4n) is 1.75. The second-order valence-electron chi connectivity index (χ2n) is 4.37. The molecule has 0 atom stereocenters. The maximum Gasteiger partial charge on any atom is 0.304 e. The van der Waals surface area contributed by atoms with Crippen LogP contribution in [0.2, 0.25) is 0 Å². The molecule has 0 amide bonds. The van der Waals surface area contributed by atoms with Gasteiger partial charge in [0, 0.05) is 22.4 Å². The Morgan fingerprint density at radius 1 is 1.30 bits per heavy atom. The van der Waals surface area contributed by atoms with E-state index in [9.17, 15) is 14.5 Å². The Balaban J connectivity index is 2.11. The van der Waals surface area contributed by atoms with Gasteiger partial charge in [0.1, 0.15) is 0 Å². The predicted octanol–water partition coefficient (Wildman–Crippen LogP) is 3.92. The van der Waals surface area contributed by atoms with Gasteiger partial charge >= 0.3 is 5.69 Å². The van der Waals surface area contributed by atoms with Crippen molar-refractivity contribution in [3.63, 3.8) is 0 Å². The largest absolute Gasteiger partial charge is 0.398 e. The topological polar surface area (TPSA) is 69.2 Å². The number of hydrogen-bond acceptors (Lipinski definition) is 4. The van der Waals surface area contributed by atoms with Crippen LogP contribution < -0.4 is 5.73 Å². The number of thioether (sulfide) groups is 1. The van der Waals surface area contributed by atoms with E-state index in [2.05, 4.69) is 0 Å². The molecule has 4 nitrogen and oxygen atoms in total. The van der Waals surface area contributed by atoms with Crippen molar-refractivity contribution in [3.05, 3.63) is 63.5 Å². The number of anilines is 1. The fourth-order valence-corrected chi connectivity index (χ4v) is 2.64. The van der Waals surface area contributed by atoms with Crippen LogP contribution in [0.3, 0.4) is 0 Å². The molecule has 0 fully saturated rings. The summed E-state index contributed by atoms with van der Waals surface area (Å²) in [6.45, 7) is 1.95. The molecule has 0 radical (unpaired) electrons. The first-order valence-electron chi connectivity index (χ1n) is 5.89. The highest BCUT2D eigenvalue weighted by molar-refractivity contribution is 7.98.